The van der Waals surface area contributed by atoms with Gasteiger partial charge in [0.15, 0.2) is 0 Å². The highest BCUT2D eigenvalue weighted by Gasteiger charge is 2.49. The molecule has 1 aromatic carbocycles. The fourth-order valence-electron chi connectivity index (χ4n) is 2.80. The third kappa shape index (κ3) is 2.44. The van der Waals surface area contributed by atoms with E-state index in [-0.39, 0.29) is 18.1 Å². The first-order valence-electron chi connectivity index (χ1n) is 6.53. The predicted octanol–water partition coefficient (Wildman–Crippen LogP) is 3.98. The van der Waals surface area contributed by atoms with Gasteiger partial charge < -0.3 is 10.2 Å². The SMILES string of the molecule is Cc1c(Cl)cc(C(C)C)c(O)c1C1(CC(=O)O)CC1. The smallest absolute Gasteiger partial charge is 0.304 e. The van der Waals surface area contributed by atoms with Crippen molar-refractivity contribution in [1.29, 1.82) is 0 Å². The van der Waals surface area contributed by atoms with E-state index in [4.69, 9.17) is 16.7 Å². The Labute approximate surface area is 118 Å². The van der Waals surface area contributed by atoms with E-state index in [1.54, 1.807) is 6.07 Å². The van der Waals surface area contributed by atoms with Crippen molar-refractivity contribution in [2.24, 2.45) is 0 Å². The molecular weight excluding hydrogens is 264 g/mol. The van der Waals surface area contributed by atoms with Crippen molar-refractivity contribution >= 4 is 17.6 Å². The lowest BCUT2D eigenvalue weighted by Crippen LogP contribution is -2.15. The van der Waals surface area contributed by atoms with Crippen LogP contribution in [-0.4, -0.2) is 16.2 Å². The van der Waals surface area contributed by atoms with Gasteiger partial charge in [0.1, 0.15) is 5.75 Å². The molecule has 0 spiro atoms. The molecule has 0 aromatic heterocycles. The van der Waals surface area contributed by atoms with E-state index in [9.17, 15) is 9.90 Å². The molecule has 2 N–H and O–H groups in total. The van der Waals surface area contributed by atoms with Gasteiger partial charge in [0.05, 0.1) is 6.42 Å². The maximum atomic E-state index is 11.0. The Hall–Kier alpha value is -1.22. The van der Waals surface area contributed by atoms with Gasteiger partial charge in [0.2, 0.25) is 0 Å². The molecule has 0 saturated heterocycles. The lowest BCUT2D eigenvalue weighted by atomic mass is 9.84. The normalized spacial score (nSPS) is 16.7. The molecule has 19 heavy (non-hydrogen) atoms. The van der Waals surface area contributed by atoms with Crippen molar-refractivity contribution in [3.8, 4) is 5.75 Å². The van der Waals surface area contributed by atoms with Crippen molar-refractivity contribution in [1.82, 2.24) is 0 Å². The minimum Gasteiger partial charge on any atom is -0.507 e. The van der Waals surface area contributed by atoms with Crippen LogP contribution in [-0.2, 0) is 10.2 Å². The minimum absolute atomic E-state index is 0.0548. The standard InChI is InChI=1S/C15H19ClO3/c1-8(2)10-6-11(16)9(3)13(14(10)19)15(4-5-15)7-12(17)18/h6,8,19H,4-5,7H2,1-3H3,(H,17,18). The highest BCUT2D eigenvalue weighted by atomic mass is 35.5. The summed E-state index contributed by atoms with van der Waals surface area (Å²) < 4.78 is 0. The van der Waals surface area contributed by atoms with E-state index in [2.05, 4.69) is 0 Å². The number of carboxylic acids is 1. The number of aromatic hydroxyl groups is 1. The summed E-state index contributed by atoms with van der Waals surface area (Å²) in [6.45, 7) is 5.83. The molecular formula is C15H19ClO3. The first-order valence-corrected chi connectivity index (χ1v) is 6.90. The summed E-state index contributed by atoms with van der Waals surface area (Å²) in [4.78, 5) is 11.0. The zero-order valence-corrected chi connectivity index (χ0v) is 12.2. The number of carbonyl (C=O) groups is 1. The number of carboxylic acid groups (broad SMARTS) is 1. The van der Waals surface area contributed by atoms with E-state index in [1.807, 2.05) is 20.8 Å². The molecule has 1 aliphatic rings. The Balaban J connectivity index is 2.59. The molecule has 0 amide bonds. The van der Waals surface area contributed by atoms with Crippen molar-refractivity contribution in [2.75, 3.05) is 0 Å². The molecule has 1 saturated carbocycles. The molecule has 1 fully saturated rings. The molecule has 3 nitrogen and oxygen atoms in total. The molecule has 0 atom stereocenters. The van der Waals surface area contributed by atoms with E-state index in [0.29, 0.717) is 5.02 Å². The Kier molecular flexibility index (Phi) is 3.52. The summed E-state index contributed by atoms with van der Waals surface area (Å²) in [5, 5.41) is 20.2. The predicted molar refractivity (Wildman–Crippen MR) is 75.1 cm³/mol. The molecule has 0 aliphatic heterocycles. The third-order valence-corrected chi connectivity index (χ3v) is 4.41. The molecule has 0 unspecified atom stereocenters. The number of aliphatic carboxylic acids is 1. The van der Waals surface area contributed by atoms with Gasteiger partial charge in [-0.2, -0.15) is 0 Å². The molecule has 0 heterocycles. The second kappa shape index (κ2) is 4.71. The van der Waals surface area contributed by atoms with Crippen molar-refractivity contribution in [3.05, 3.63) is 27.8 Å². The average molecular weight is 283 g/mol. The summed E-state index contributed by atoms with van der Waals surface area (Å²) in [5.41, 5.74) is 1.92. The van der Waals surface area contributed by atoms with Crippen molar-refractivity contribution < 1.29 is 15.0 Å². The van der Waals surface area contributed by atoms with Gasteiger partial charge in [-0.1, -0.05) is 25.4 Å². The zero-order chi connectivity index (χ0) is 14.4. The molecule has 1 aromatic rings. The van der Waals surface area contributed by atoms with Crippen LogP contribution in [0.3, 0.4) is 0 Å². The first kappa shape index (κ1) is 14.2. The summed E-state index contributed by atoms with van der Waals surface area (Å²) in [6.07, 6.45) is 1.65. The quantitative estimate of drug-likeness (QED) is 0.878. The second-order valence-corrected chi connectivity index (χ2v) is 6.21. The zero-order valence-electron chi connectivity index (χ0n) is 11.5. The molecule has 2 rings (SSSR count). The number of halogens is 1. The second-order valence-electron chi connectivity index (χ2n) is 5.80. The van der Waals surface area contributed by atoms with Crippen LogP contribution < -0.4 is 0 Å². The van der Waals surface area contributed by atoms with Crippen LogP contribution >= 0.6 is 11.6 Å². The van der Waals surface area contributed by atoms with Gasteiger partial charge in [-0.15, -0.1) is 0 Å². The highest BCUT2D eigenvalue weighted by Crippen LogP contribution is 2.56. The maximum Gasteiger partial charge on any atom is 0.304 e. The Morgan fingerprint density at radius 2 is 2.05 bits per heavy atom. The summed E-state index contributed by atoms with van der Waals surface area (Å²) in [5.74, 6) is -0.449. The maximum absolute atomic E-state index is 11.0. The van der Waals surface area contributed by atoms with E-state index in [1.165, 1.54) is 0 Å². The van der Waals surface area contributed by atoms with Crippen LogP contribution in [0.4, 0.5) is 0 Å². The number of benzene rings is 1. The van der Waals surface area contributed by atoms with Crippen LogP contribution in [0.5, 0.6) is 5.75 Å². The van der Waals surface area contributed by atoms with Crippen LogP contribution in [0.1, 0.15) is 55.7 Å². The van der Waals surface area contributed by atoms with Gasteiger partial charge in [-0.25, -0.2) is 0 Å². The van der Waals surface area contributed by atoms with Gasteiger partial charge in [-0.05, 0) is 42.9 Å². The molecule has 0 bridgehead atoms. The fraction of sp³-hybridized carbons (Fsp3) is 0.533. The number of hydrogen-bond donors (Lipinski definition) is 2. The largest absolute Gasteiger partial charge is 0.507 e. The lowest BCUT2D eigenvalue weighted by molar-refractivity contribution is -0.137. The van der Waals surface area contributed by atoms with Gasteiger partial charge in [0, 0.05) is 16.0 Å². The summed E-state index contributed by atoms with van der Waals surface area (Å²) in [6, 6.07) is 1.79. The van der Waals surface area contributed by atoms with E-state index >= 15 is 0 Å². The Morgan fingerprint density at radius 1 is 1.47 bits per heavy atom. The Bertz CT molecular complexity index is 531. The van der Waals surface area contributed by atoms with Crippen LogP contribution in [0, 0.1) is 6.92 Å². The number of phenolic OH excluding ortho intramolecular Hbond substituents is 1. The summed E-state index contributed by atoms with van der Waals surface area (Å²) >= 11 is 6.25. The number of hydrogen-bond acceptors (Lipinski definition) is 2. The highest BCUT2D eigenvalue weighted by molar-refractivity contribution is 6.31. The fourth-order valence-corrected chi connectivity index (χ4v) is 3.01. The summed E-state index contributed by atoms with van der Waals surface area (Å²) in [7, 11) is 0. The number of rotatable bonds is 4. The van der Waals surface area contributed by atoms with Crippen LogP contribution in [0.15, 0.2) is 6.07 Å². The van der Waals surface area contributed by atoms with Gasteiger partial charge in [-0.3, -0.25) is 4.79 Å². The van der Waals surface area contributed by atoms with Crippen LogP contribution in [0.2, 0.25) is 5.02 Å². The number of phenols is 1. The topological polar surface area (TPSA) is 57.5 Å². The average Bonchev–Trinajstić information content (AvgIpc) is 3.02. The minimum atomic E-state index is -0.831. The molecule has 4 heteroatoms. The monoisotopic (exact) mass is 282 g/mol. The van der Waals surface area contributed by atoms with Crippen molar-refractivity contribution in [3.63, 3.8) is 0 Å². The molecule has 104 valence electrons. The van der Waals surface area contributed by atoms with Crippen molar-refractivity contribution in [2.45, 2.75) is 51.4 Å². The molecule has 1 aliphatic carbocycles. The van der Waals surface area contributed by atoms with E-state index < -0.39 is 11.4 Å². The Morgan fingerprint density at radius 3 is 2.47 bits per heavy atom. The van der Waals surface area contributed by atoms with Crippen LogP contribution in [0.25, 0.3) is 0 Å². The van der Waals surface area contributed by atoms with Gasteiger partial charge in [0.25, 0.3) is 0 Å². The third-order valence-electron chi connectivity index (χ3n) is 4.02. The molecule has 0 radical (unpaired) electrons. The van der Waals surface area contributed by atoms with E-state index in [0.717, 1.165) is 29.5 Å². The van der Waals surface area contributed by atoms with Gasteiger partial charge >= 0.3 is 5.97 Å². The lowest BCUT2D eigenvalue weighted by Gasteiger charge is -2.22. The first-order chi connectivity index (χ1) is 8.78.